The van der Waals surface area contributed by atoms with E-state index < -0.39 is 0 Å². The van der Waals surface area contributed by atoms with E-state index in [1.807, 2.05) is 6.07 Å². The summed E-state index contributed by atoms with van der Waals surface area (Å²) in [4.78, 5) is 17.0. The number of amides is 2. The number of aromatic nitrogens is 2. The third-order valence-corrected chi connectivity index (χ3v) is 5.37. The fourth-order valence-corrected chi connectivity index (χ4v) is 3.17. The van der Waals surface area contributed by atoms with E-state index in [-0.39, 0.29) is 6.03 Å². The standard InChI is InChI=1S/C20H29Cl2N5O2/c1-4-25(5-2)8-9-26(14-16-6-7-18(21)19(22)12-16)20(28)24-17-13-23-27(15-17)10-11-29-3/h6-7,12-13,15H,4-5,8-11,14H2,1-3H3,(H,24,28). The zero-order chi connectivity index (χ0) is 21.2. The molecule has 0 aliphatic carbocycles. The third kappa shape index (κ3) is 7.51. The number of benzene rings is 1. The van der Waals surface area contributed by atoms with Crippen molar-refractivity contribution >= 4 is 34.9 Å². The van der Waals surface area contributed by atoms with Crippen LogP contribution in [0, 0.1) is 0 Å². The van der Waals surface area contributed by atoms with E-state index in [1.54, 1.807) is 41.2 Å². The van der Waals surface area contributed by atoms with Gasteiger partial charge in [0, 0.05) is 32.9 Å². The summed E-state index contributed by atoms with van der Waals surface area (Å²) < 4.78 is 6.79. The van der Waals surface area contributed by atoms with Gasteiger partial charge in [0.2, 0.25) is 0 Å². The summed E-state index contributed by atoms with van der Waals surface area (Å²) in [6.45, 7) is 9.09. The van der Waals surface area contributed by atoms with E-state index in [1.165, 1.54) is 0 Å². The van der Waals surface area contributed by atoms with Gasteiger partial charge in [0.1, 0.15) is 0 Å². The third-order valence-electron chi connectivity index (χ3n) is 4.63. The predicted octanol–water partition coefficient (Wildman–Crippen LogP) is 4.21. The summed E-state index contributed by atoms with van der Waals surface area (Å²) in [6, 6.07) is 5.24. The highest BCUT2D eigenvalue weighted by molar-refractivity contribution is 6.42. The van der Waals surface area contributed by atoms with Gasteiger partial charge >= 0.3 is 6.03 Å². The maximum Gasteiger partial charge on any atom is 0.322 e. The second-order valence-electron chi connectivity index (χ2n) is 6.61. The highest BCUT2D eigenvalue weighted by Gasteiger charge is 2.17. The SMILES string of the molecule is CCN(CC)CCN(Cc1ccc(Cl)c(Cl)c1)C(=O)Nc1cnn(CCOC)c1. The summed E-state index contributed by atoms with van der Waals surface area (Å²) in [6.07, 6.45) is 3.42. The number of carbonyl (C=O) groups excluding carboxylic acids is 1. The minimum absolute atomic E-state index is 0.186. The number of likely N-dealkylation sites (N-methyl/N-ethyl adjacent to an activating group) is 1. The van der Waals surface area contributed by atoms with Crippen LogP contribution >= 0.6 is 23.2 Å². The molecule has 0 radical (unpaired) electrons. The number of hydrogen-bond acceptors (Lipinski definition) is 4. The van der Waals surface area contributed by atoms with Crippen molar-refractivity contribution < 1.29 is 9.53 Å². The number of halogens is 2. The molecule has 2 aromatic rings. The first-order chi connectivity index (χ1) is 14.0. The monoisotopic (exact) mass is 441 g/mol. The van der Waals surface area contributed by atoms with Gasteiger partial charge in [-0.3, -0.25) is 4.68 Å². The van der Waals surface area contributed by atoms with Gasteiger partial charge in [0.15, 0.2) is 0 Å². The Morgan fingerprint density at radius 1 is 1.21 bits per heavy atom. The van der Waals surface area contributed by atoms with Crippen molar-refractivity contribution in [1.29, 1.82) is 0 Å². The van der Waals surface area contributed by atoms with Gasteiger partial charge in [0.25, 0.3) is 0 Å². The normalized spacial score (nSPS) is 11.1. The Bertz CT molecular complexity index is 780. The molecule has 0 aliphatic heterocycles. The molecular formula is C20H29Cl2N5O2. The smallest absolute Gasteiger partial charge is 0.322 e. The number of anilines is 1. The van der Waals surface area contributed by atoms with E-state index in [4.69, 9.17) is 27.9 Å². The Hall–Kier alpha value is -1.80. The van der Waals surface area contributed by atoms with E-state index in [9.17, 15) is 4.79 Å². The lowest BCUT2D eigenvalue weighted by molar-refractivity contribution is 0.183. The number of hydrogen-bond donors (Lipinski definition) is 1. The zero-order valence-corrected chi connectivity index (χ0v) is 18.7. The Labute approximate surface area is 182 Å². The number of ether oxygens (including phenoxy) is 1. The Balaban J connectivity index is 2.08. The lowest BCUT2D eigenvalue weighted by Gasteiger charge is -2.26. The molecule has 1 N–H and O–H groups in total. The molecule has 0 saturated heterocycles. The van der Waals surface area contributed by atoms with Crippen molar-refractivity contribution in [1.82, 2.24) is 19.6 Å². The van der Waals surface area contributed by atoms with Crippen LogP contribution in [0.25, 0.3) is 0 Å². The lowest BCUT2D eigenvalue weighted by Crippen LogP contribution is -2.40. The minimum Gasteiger partial charge on any atom is -0.383 e. The van der Waals surface area contributed by atoms with Gasteiger partial charge in [-0.05, 0) is 30.8 Å². The second kappa shape index (κ2) is 12.0. The summed E-state index contributed by atoms with van der Waals surface area (Å²) in [7, 11) is 1.64. The number of rotatable bonds is 11. The topological polar surface area (TPSA) is 62.6 Å². The van der Waals surface area contributed by atoms with E-state index in [2.05, 4.69) is 29.2 Å². The summed E-state index contributed by atoms with van der Waals surface area (Å²) >= 11 is 12.2. The molecule has 0 spiro atoms. The van der Waals surface area contributed by atoms with Gasteiger partial charge in [-0.15, -0.1) is 0 Å². The van der Waals surface area contributed by atoms with Crippen molar-refractivity contribution in [3.63, 3.8) is 0 Å². The number of carbonyl (C=O) groups is 1. The van der Waals surface area contributed by atoms with Crippen LogP contribution in [0.15, 0.2) is 30.6 Å². The molecule has 1 aromatic carbocycles. The molecule has 0 fully saturated rings. The first kappa shape index (κ1) is 23.5. The first-order valence-corrected chi connectivity index (χ1v) is 10.5. The van der Waals surface area contributed by atoms with Gasteiger partial charge in [-0.1, -0.05) is 43.1 Å². The largest absolute Gasteiger partial charge is 0.383 e. The van der Waals surface area contributed by atoms with E-state index >= 15 is 0 Å². The predicted molar refractivity (Wildman–Crippen MR) is 118 cm³/mol. The van der Waals surface area contributed by atoms with E-state index in [0.29, 0.717) is 42.0 Å². The molecule has 0 aliphatic rings. The van der Waals surface area contributed by atoms with Crippen LogP contribution in [0.4, 0.5) is 10.5 Å². The molecule has 29 heavy (non-hydrogen) atoms. The van der Waals surface area contributed by atoms with Crippen molar-refractivity contribution in [2.75, 3.05) is 45.2 Å². The molecule has 2 rings (SSSR count). The number of urea groups is 1. The lowest BCUT2D eigenvalue weighted by atomic mass is 10.2. The summed E-state index contributed by atoms with van der Waals surface area (Å²) in [5, 5.41) is 8.14. The molecule has 0 saturated carbocycles. The van der Waals surface area contributed by atoms with Crippen molar-refractivity contribution in [2.45, 2.75) is 26.9 Å². The van der Waals surface area contributed by atoms with E-state index in [0.717, 1.165) is 25.2 Å². The van der Waals surface area contributed by atoms with Gasteiger partial charge in [-0.2, -0.15) is 5.10 Å². The molecule has 2 amide bonds. The zero-order valence-electron chi connectivity index (χ0n) is 17.2. The van der Waals surface area contributed by atoms with Crippen LogP contribution < -0.4 is 5.32 Å². The maximum atomic E-state index is 13.0. The molecule has 9 heteroatoms. The molecule has 1 heterocycles. The van der Waals surface area contributed by atoms with Crippen LogP contribution in [-0.4, -0.2) is 65.5 Å². The number of nitrogens with one attached hydrogen (secondary N) is 1. The van der Waals surface area contributed by atoms with Crippen LogP contribution in [-0.2, 0) is 17.8 Å². The summed E-state index contributed by atoms with van der Waals surface area (Å²) in [5.41, 5.74) is 1.57. The maximum absolute atomic E-state index is 13.0. The highest BCUT2D eigenvalue weighted by Crippen LogP contribution is 2.23. The fourth-order valence-electron chi connectivity index (χ4n) is 2.85. The number of methoxy groups -OCH3 is 1. The quantitative estimate of drug-likeness (QED) is 0.566. The molecule has 160 valence electrons. The van der Waals surface area contributed by atoms with Crippen molar-refractivity contribution in [3.8, 4) is 0 Å². The number of nitrogens with zero attached hydrogens (tertiary/aromatic N) is 4. The molecule has 0 bridgehead atoms. The highest BCUT2D eigenvalue weighted by atomic mass is 35.5. The van der Waals surface area contributed by atoms with Crippen LogP contribution in [0.3, 0.4) is 0 Å². The summed E-state index contributed by atoms with van der Waals surface area (Å²) in [5.74, 6) is 0. The Kier molecular flexibility index (Phi) is 9.73. The van der Waals surface area contributed by atoms with Gasteiger partial charge < -0.3 is 19.9 Å². The molecule has 0 atom stereocenters. The average Bonchev–Trinajstić information content (AvgIpc) is 3.16. The molecule has 7 nitrogen and oxygen atoms in total. The Morgan fingerprint density at radius 3 is 2.62 bits per heavy atom. The molecule has 1 aromatic heterocycles. The van der Waals surface area contributed by atoms with Gasteiger partial charge in [-0.25, -0.2) is 4.79 Å². The van der Waals surface area contributed by atoms with Crippen LogP contribution in [0.2, 0.25) is 10.0 Å². The first-order valence-electron chi connectivity index (χ1n) is 9.70. The molecule has 0 unspecified atom stereocenters. The van der Waals surface area contributed by atoms with Crippen LogP contribution in [0.1, 0.15) is 19.4 Å². The van der Waals surface area contributed by atoms with Crippen molar-refractivity contribution in [3.05, 3.63) is 46.2 Å². The fraction of sp³-hybridized carbons (Fsp3) is 0.500. The van der Waals surface area contributed by atoms with Crippen molar-refractivity contribution in [2.24, 2.45) is 0 Å². The minimum atomic E-state index is -0.186. The second-order valence-corrected chi connectivity index (χ2v) is 7.43. The molecular weight excluding hydrogens is 413 g/mol. The average molecular weight is 442 g/mol. The van der Waals surface area contributed by atoms with Gasteiger partial charge in [0.05, 0.1) is 35.1 Å². The van der Waals surface area contributed by atoms with Crippen LogP contribution in [0.5, 0.6) is 0 Å². The Morgan fingerprint density at radius 2 is 1.97 bits per heavy atom.